The first-order valence-corrected chi connectivity index (χ1v) is 9.42. The SMILES string of the molecule is BrC=C(c1ccccc1)P(c1ccccc1)c1ccccc1. The normalized spacial score (nSPS) is 11.6. The average molecular weight is 367 g/mol. The van der Waals surface area contributed by atoms with Gasteiger partial charge in [0.05, 0.1) is 0 Å². The van der Waals surface area contributed by atoms with Crippen molar-refractivity contribution in [3.63, 3.8) is 0 Å². The minimum absolute atomic E-state index is 0.576. The second kappa shape index (κ2) is 7.54. The maximum absolute atomic E-state index is 3.60. The van der Waals surface area contributed by atoms with E-state index in [0.717, 1.165) is 0 Å². The van der Waals surface area contributed by atoms with Crippen molar-refractivity contribution in [2.75, 3.05) is 0 Å². The number of hydrogen-bond donors (Lipinski definition) is 0. The van der Waals surface area contributed by atoms with E-state index in [1.807, 2.05) is 0 Å². The first kappa shape index (κ1) is 15.2. The molecule has 22 heavy (non-hydrogen) atoms. The predicted molar refractivity (Wildman–Crippen MR) is 102 cm³/mol. The van der Waals surface area contributed by atoms with Gasteiger partial charge in [0.25, 0.3) is 0 Å². The molecule has 0 nitrogen and oxygen atoms in total. The van der Waals surface area contributed by atoms with Crippen molar-refractivity contribution in [1.29, 1.82) is 0 Å². The predicted octanol–water partition coefficient (Wildman–Crippen LogP) is 5.51. The fraction of sp³-hybridized carbons (Fsp3) is 0. The number of benzene rings is 3. The van der Waals surface area contributed by atoms with Gasteiger partial charge < -0.3 is 0 Å². The molecule has 0 aliphatic rings. The molecular formula is C20H16BrP. The van der Waals surface area contributed by atoms with Gasteiger partial charge in [0.2, 0.25) is 0 Å². The molecule has 0 aliphatic carbocycles. The summed E-state index contributed by atoms with van der Waals surface area (Å²) in [5.74, 6) is 0. The van der Waals surface area contributed by atoms with E-state index in [1.165, 1.54) is 21.5 Å². The molecular weight excluding hydrogens is 351 g/mol. The van der Waals surface area contributed by atoms with Crippen LogP contribution in [-0.4, -0.2) is 0 Å². The Morgan fingerprint density at radius 3 is 1.45 bits per heavy atom. The van der Waals surface area contributed by atoms with E-state index in [-0.39, 0.29) is 0 Å². The summed E-state index contributed by atoms with van der Waals surface area (Å²) in [6.45, 7) is 0. The van der Waals surface area contributed by atoms with Crippen LogP contribution in [0.25, 0.3) is 5.31 Å². The lowest BCUT2D eigenvalue weighted by Gasteiger charge is -2.22. The van der Waals surface area contributed by atoms with Crippen LogP contribution >= 0.6 is 23.9 Å². The molecule has 3 rings (SSSR count). The maximum Gasteiger partial charge on any atom is -0.000941 e. The highest BCUT2D eigenvalue weighted by atomic mass is 79.9. The summed E-state index contributed by atoms with van der Waals surface area (Å²) < 4.78 is 0. The summed E-state index contributed by atoms with van der Waals surface area (Å²) in [4.78, 5) is 2.08. The quantitative estimate of drug-likeness (QED) is 0.533. The van der Waals surface area contributed by atoms with Crippen LogP contribution < -0.4 is 10.6 Å². The van der Waals surface area contributed by atoms with E-state index in [4.69, 9.17) is 0 Å². The van der Waals surface area contributed by atoms with Crippen LogP contribution in [-0.2, 0) is 0 Å². The third-order valence-corrected chi connectivity index (χ3v) is 6.75. The summed E-state index contributed by atoms with van der Waals surface area (Å²) >= 11 is 3.60. The van der Waals surface area contributed by atoms with Crippen molar-refractivity contribution < 1.29 is 0 Å². The van der Waals surface area contributed by atoms with E-state index in [9.17, 15) is 0 Å². The molecule has 0 bridgehead atoms. The minimum atomic E-state index is -0.576. The topological polar surface area (TPSA) is 0 Å². The van der Waals surface area contributed by atoms with Crippen molar-refractivity contribution in [2.24, 2.45) is 0 Å². The zero-order valence-corrected chi connectivity index (χ0v) is 14.5. The fourth-order valence-corrected chi connectivity index (χ4v) is 5.61. The molecule has 0 radical (unpaired) electrons. The van der Waals surface area contributed by atoms with Crippen LogP contribution in [0.2, 0.25) is 0 Å². The monoisotopic (exact) mass is 366 g/mol. The van der Waals surface area contributed by atoms with Gasteiger partial charge in [-0.25, -0.2) is 0 Å². The molecule has 3 aromatic carbocycles. The lowest BCUT2D eigenvalue weighted by molar-refractivity contribution is 1.65. The second-order valence-electron chi connectivity index (χ2n) is 4.87. The van der Waals surface area contributed by atoms with Gasteiger partial charge in [0.15, 0.2) is 0 Å². The van der Waals surface area contributed by atoms with Crippen molar-refractivity contribution in [3.05, 3.63) is 102 Å². The van der Waals surface area contributed by atoms with E-state index < -0.39 is 7.92 Å². The molecule has 0 unspecified atom stereocenters. The first-order valence-electron chi connectivity index (χ1n) is 7.16. The van der Waals surface area contributed by atoms with Gasteiger partial charge in [0, 0.05) is 0 Å². The van der Waals surface area contributed by atoms with Crippen LogP contribution in [0.3, 0.4) is 0 Å². The van der Waals surface area contributed by atoms with Crippen LogP contribution in [0.15, 0.2) is 96.0 Å². The number of halogens is 1. The molecule has 0 aromatic heterocycles. The molecule has 0 spiro atoms. The maximum atomic E-state index is 3.60. The van der Waals surface area contributed by atoms with Gasteiger partial charge in [0.1, 0.15) is 0 Å². The molecule has 0 saturated heterocycles. The van der Waals surface area contributed by atoms with Gasteiger partial charge in [-0.15, -0.1) is 0 Å². The molecule has 0 N–H and O–H groups in total. The van der Waals surface area contributed by atoms with E-state index >= 15 is 0 Å². The van der Waals surface area contributed by atoms with Crippen molar-refractivity contribution >= 4 is 39.8 Å². The highest BCUT2D eigenvalue weighted by molar-refractivity contribution is 9.11. The summed E-state index contributed by atoms with van der Waals surface area (Å²) in [5.41, 5.74) is 1.26. The Hall–Kier alpha value is -1.69. The molecule has 108 valence electrons. The standard InChI is InChI=1S/C20H16BrP/c21-16-20(17-10-4-1-5-11-17)22(18-12-6-2-7-13-18)19-14-8-3-9-15-19/h1-16H. The Balaban J connectivity index is 2.14. The summed E-state index contributed by atoms with van der Waals surface area (Å²) in [6, 6.07) is 32.1. The third kappa shape index (κ3) is 3.38. The van der Waals surface area contributed by atoms with Gasteiger partial charge in [-0.1, -0.05) is 107 Å². The second-order valence-corrected chi connectivity index (χ2v) is 7.51. The number of hydrogen-bond acceptors (Lipinski definition) is 0. The lowest BCUT2D eigenvalue weighted by Crippen LogP contribution is -2.12. The highest BCUT2D eigenvalue weighted by Crippen LogP contribution is 2.49. The van der Waals surface area contributed by atoms with Crippen molar-refractivity contribution in [1.82, 2.24) is 0 Å². The first-order chi connectivity index (χ1) is 10.9. The van der Waals surface area contributed by atoms with Gasteiger partial charge in [-0.2, -0.15) is 0 Å². The average Bonchev–Trinajstić information content (AvgIpc) is 2.62. The minimum Gasteiger partial charge on any atom is -0.0622 e. The highest BCUT2D eigenvalue weighted by Gasteiger charge is 2.19. The third-order valence-electron chi connectivity index (χ3n) is 3.44. The Labute approximate surface area is 141 Å². The summed E-state index contributed by atoms with van der Waals surface area (Å²) in [5, 5.41) is 4.05. The summed E-state index contributed by atoms with van der Waals surface area (Å²) in [6.07, 6.45) is 0. The van der Waals surface area contributed by atoms with E-state index in [0.29, 0.717) is 0 Å². The fourth-order valence-electron chi connectivity index (χ4n) is 2.43. The molecule has 2 heteroatoms. The summed E-state index contributed by atoms with van der Waals surface area (Å²) in [7, 11) is -0.576. The van der Waals surface area contributed by atoms with Gasteiger partial charge in [-0.05, 0) is 34.4 Å². The zero-order chi connectivity index (χ0) is 15.2. The molecule has 0 heterocycles. The van der Waals surface area contributed by atoms with Crippen LogP contribution in [0.4, 0.5) is 0 Å². The molecule has 0 fully saturated rings. The van der Waals surface area contributed by atoms with E-state index in [2.05, 4.69) is 112 Å². The van der Waals surface area contributed by atoms with Crippen LogP contribution in [0.5, 0.6) is 0 Å². The number of rotatable bonds is 4. The Bertz CT molecular complexity index is 697. The molecule has 0 aliphatic heterocycles. The largest absolute Gasteiger partial charge is 0.0622 e. The molecule has 0 saturated carbocycles. The molecule has 0 atom stereocenters. The Morgan fingerprint density at radius 2 is 1.05 bits per heavy atom. The van der Waals surface area contributed by atoms with Crippen molar-refractivity contribution in [2.45, 2.75) is 0 Å². The van der Waals surface area contributed by atoms with Crippen LogP contribution in [0.1, 0.15) is 5.56 Å². The molecule has 0 amide bonds. The lowest BCUT2D eigenvalue weighted by atomic mass is 10.2. The van der Waals surface area contributed by atoms with Gasteiger partial charge >= 0.3 is 0 Å². The van der Waals surface area contributed by atoms with Crippen LogP contribution in [0, 0.1) is 0 Å². The van der Waals surface area contributed by atoms with Gasteiger partial charge in [-0.3, -0.25) is 0 Å². The zero-order valence-electron chi connectivity index (χ0n) is 12.1. The van der Waals surface area contributed by atoms with E-state index in [1.54, 1.807) is 0 Å². The Kier molecular flexibility index (Phi) is 5.21. The molecule has 3 aromatic rings. The van der Waals surface area contributed by atoms with Crippen molar-refractivity contribution in [3.8, 4) is 0 Å². The smallest absolute Gasteiger partial charge is 0.000941 e. The Morgan fingerprint density at radius 1 is 0.636 bits per heavy atom.